The molecule has 12 heavy (non-hydrogen) atoms. The first-order valence-corrected chi connectivity index (χ1v) is 4.55. The second-order valence-corrected chi connectivity index (χ2v) is 3.52. The number of nitriles is 1. The van der Waals surface area contributed by atoms with Gasteiger partial charge in [-0.3, -0.25) is 0 Å². The summed E-state index contributed by atoms with van der Waals surface area (Å²) in [5.41, 5.74) is -0.470. The fourth-order valence-corrected chi connectivity index (χ4v) is 1.43. The van der Waals surface area contributed by atoms with E-state index in [1.165, 1.54) is 0 Å². The minimum absolute atomic E-state index is 0.110. The number of nitrogens with zero attached hydrogens (tertiary/aromatic N) is 1. The zero-order chi connectivity index (χ0) is 8.44. The van der Waals surface area contributed by atoms with Crippen LogP contribution in [0.15, 0.2) is 0 Å². The minimum Gasteiger partial charge on any atom is -0.353 e. The molecule has 3 nitrogen and oxygen atoms in total. The molecule has 2 aliphatic rings. The van der Waals surface area contributed by atoms with E-state index in [1.54, 1.807) is 0 Å². The summed E-state index contributed by atoms with van der Waals surface area (Å²) in [4.78, 5) is 0. The Morgan fingerprint density at radius 3 is 2.75 bits per heavy atom. The van der Waals surface area contributed by atoms with Crippen LogP contribution in [0, 0.1) is 11.3 Å². The molecule has 0 radical (unpaired) electrons. The standard InChI is InChI=1S/C9H13NO2/c10-7-9(4-5-9)12-8-3-1-2-6-11-8/h8H,1-6H2. The minimum atomic E-state index is -0.470. The summed E-state index contributed by atoms with van der Waals surface area (Å²) in [5, 5.41) is 8.76. The van der Waals surface area contributed by atoms with Crippen LogP contribution in [-0.2, 0) is 9.47 Å². The van der Waals surface area contributed by atoms with Gasteiger partial charge < -0.3 is 9.47 Å². The van der Waals surface area contributed by atoms with Gasteiger partial charge >= 0.3 is 0 Å². The summed E-state index contributed by atoms with van der Waals surface area (Å²) >= 11 is 0. The third kappa shape index (κ3) is 1.60. The number of hydrogen-bond donors (Lipinski definition) is 0. The van der Waals surface area contributed by atoms with Gasteiger partial charge in [-0.1, -0.05) is 0 Å². The Morgan fingerprint density at radius 1 is 1.42 bits per heavy atom. The van der Waals surface area contributed by atoms with E-state index >= 15 is 0 Å². The Balaban J connectivity index is 1.82. The van der Waals surface area contributed by atoms with E-state index < -0.39 is 5.60 Å². The molecule has 0 aromatic rings. The van der Waals surface area contributed by atoms with Crippen LogP contribution in [0.1, 0.15) is 32.1 Å². The van der Waals surface area contributed by atoms with Crippen molar-refractivity contribution in [2.45, 2.75) is 44.0 Å². The van der Waals surface area contributed by atoms with Gasteiger partial charge in [0.05, 0.1) is 6.07 Å². The van der Waals surface area contributed by atoms with Crippen molar-refractivity contribution in [1.29, 1.82) is 5.26 Å². The summed E-state index contributed by atoms with van der Waals surface area (Å²) in [6.45, 7) is 0.784. The fraction of sp³-hybridized carbons (Fsp3) is 0.889. The van der Waals surface area contributed by atoms with E-state index in [0.717, 1.165) is 38.7 Å². The molecule has 0 bridgehead atoms. The molecular weight excluding hydrogens is 154 g/mol. The summed E-state index contributed by atoms with van der Waals surface area (Å²) in [5.74, 6) is 0. The lowest BCUT2D eigenvalue weighted by atomic mass is 10.2. The highest BCUT2D eigenvalue weighted by molar-refractivity contribution is 5.13. The maximum atomic E-state index is 8.76. The molecule has 0 aromatic heterocycles. The molecule has 1 aliphatic heterocycles. The van der Waals surface area contributed by atoms with Crippen LogP contribution in [0.4, 0.5) is 0 Å². The molecule has 66 valence electrons. The monoisotopic (exact) mass is 167 g/mol. The molecule has 1 aliphatic carbocycles. The smallest absolute Gasteiger partial charge is 0.159 e. The Morgan fingerprint density at radius 2 is 2.25 bits per heavy atom. The molecule has 0 aromatic carbocycles. The second-order valence-electron chi connectivity index (χ2n) is 3.52. The molecular formula is C9H13NO2. The Hall–Kier alpha value is -0.590. The first-order chi connectivity index (χ1) is 5.85. The second kappa shape index (κ2) is 3.04. The normalized spacial score (nSPS) is 32.4. The van der Waals surface area contributed by atoms with Crippen LogP contribution in [0.3, 0.4) is 0 Å². The van der Waals surface area contributed by atoms with E-state index in [2.05, 4.69) is 6.07 Å². The summed E-state index contributed by atoms with van der Waals surface area (Å²) in [7, 11) is 0. The number of ether oxygens (including phenoxy) is 2. The third-order valence-corrected chi connectivity index (χ3v) is 2.40. The average molecular weight is 167 g/mol. The van der Waals surface area contributed by atoms with Crippen molar-refractivity contribution in [2.24, 2.45) is 0 Å². The Labute approximate surface area is 72.3 Å². The molecule has 1 saturated heterocycles. The molecule has 3 heteroatoms. The maximum Gasteiger partial charge on any atom is 0.159 e. The summed E-state index contributed by atoms with van der Waals surface area (Å²) in [6, 6.07) is 2.20. The van der Waals surface area contributed by atoms with E-state index in [0.29, 0.717) is 0 Å². The number of rotatable bonds is 2. The van der Waals surface area contributed by atoms with E-state index in [1.807, 2.05) is 0 Å². The first-order valence-electron chi connectivity index (χ1n) is 4.55. The zero-order valence-corrected chi connectivity index (χ0v) is 7.08. The van der Waals surface area contributed by atoms with Crippen molar-refractivity contribution in [1.82, 2.24) is 0 Å². The zero-order valence-electron chi connectivity index (χ0n) is 7.08. The molecule has 2 rings (SSSR count). The van der Waals surface area contributed by atoms with Gasteiger partial charge in [0.2, 0.25) is 0 Å². The van der Waals surface area contributed by atoms with Crippen molar-refractivity contribution in [3.8, 4) is 6.07 Å². The summed E-state index contributed by atoms with van der Waals surface area (Å²) < 4.78 is 10.9. The molecule has 1 heterocycles. The van der Waals surface area contributed by atoms with E-state index in [-0.39, 0.29) is 6.29 Å². The lowest BCUT2D eigenvalue weighted by Gasteiger charge is -2.24. The van der Waals surface area contributed by atoms with Gasteiger partial charge in [0.1, 0.15) is 0 Å². The topological polar surface area (TPSA) is 42.2 Å². The molecule has 0 amide bonds. The molecule has 0 N–H and O–H groups in total. The average Bonchev–Trinajstić information content (AvgIpc) is 2.88. The van der Waals surface area contributed by atoms with Crippen LogP contribution in [0.25, 0.3) is 0 Å². The largest absolute Gasteiger partial charge is 0.353 e. The van der Waals surface area contributed by atoms with Gasteiger partial charge in [-0.05, 0) is 32.1 Å². The molecule has 1 saturated carbocycles. The first kappa shape index (κ1) is 8.03. The van der Waals surface area contributed by atoms with Crippen LogP contribution in [0.5, 0.6) is 0 Å². The van der Waals surface area contributed by atoms with Gasteiger partial charge in [-0.15, -0.1) is 0 Å². The highest BCUT2D eigenvalue weighted by Gasteiger charge is 2.46. The lowest BCUT2D eigenvalue weighted by Crippen LogP contribution is -2.28. The quantitative estimate of drug-likeness (QED) is 0.627. The van der Waals surface area contributed by atoms with Gasteiger partial charge in [-0.2, -0.15) is 5.26 Å². The molecule has 2 fully saturated rings. The van der Waals surface area contributed by atoms with Gasteiger partial charge in [0, 0.05) is 6.61 Å². The van der Waals surface area contributed by atoms with Crippen molar-refractivity contribution < 1.29 is 9.47 Å². The van der Waals surface area contributed by atoms with Crippen LogP contribution in [-0.4, -0.2) is 18.5 Å². The summed E-state index contributed by atoms with van der Waals surface area (Å²) in [6.07, 6.45) is 4.88. The molecule has 0 spiro atoms. The predicted molar refractivity (Wildman–Crippen MR) is 42.3 cm³/mol. The maximum absolute atomic E-state index is 8.76. The van der Waals surface area contributed by atoms with E-state index in [9.17, 15) is 0 Å². The number of hydrogen-bond acceptors (Lipinski definition) is 3. The SMILES string of the molecule is N#CC1(OC2CCCCO2)CC1. The van der Waals surface area contributed by atoms with Crippen LogP contribution < -0.4 is 0 Å². The highest BCUT2D eigenvalue weighted by Crippen LogP contribution is 2.40. The van der Waals surface area contributed by atoms with Crippen molar-refractivity contribution in [3.63, 3.8) is 0 Å². The van der Waals surface area contributed by atoms with Crippen molar-refractivity contribution in [3.05, 3.63) is 0 Å². The predicted octanol–water partition coefficient (Wildman–Crippen LogP) is 1.59. The highest BCUT2D eigenvalue weighted by atomic mass is 16.7. The Bertz CT molecular complexity index is 199. The van der Waals surface area contributed by atoms with Gasteiger partial charge in [0.15, 0.2) is 11.9 Å². The third-order valence-electron chi connectivity index (χ3n) is 2.40. The molecule has 1 unspecified atom stereocenters. The van der Waals surface area contributed by atoms with Crippen LogP contribution >= 0.6 is 0 Å². The van der Waals surface area contributed by atoms with Crippen LogP contribution in [0.2, 0.25) is 0 Å². The lowest BCUT2D eigenvalue weighted by molar-refractivity contribution is -0.184. The van der Waals surface area contributed by atoms with Crippen molar-refractivity contribution in [2.75, 3.05) is 6.61 Å². The van der Waals surface area contributed by atoms with Gasteiger partial charge in [0.25, 0.3) is 0 Å². The van der Waals surface area contributed by atoms with Gasteiger partial charge in [-0.25, -0.2) is 0 Å². The van der Waals surface area contributed by atoms with E-state index in [4.69, 9.17) is 14.7 Å². The molecule has 1 atom stereocenters. The Kier molecular flexibility index (Phi) is 2.03. The fourth-order valence-electron chi connectivity index (χ4n) is 1.43. The van der Waals surface area contributed by atoms with Crippen molar-refractivity contribution >= 4 is 0 Å².